The van der Waals surface area contributed by atoms with Gasteiger partial charge in [0, 0.05) is 35.6 Å². The Morgan fingerprint density at radius 3 is 2.17 bits per heavy atom. The Morgan fingerprint density at radius 2 is 1.54 bits per heavy atom. The van der Waals surface area contributed by atoms with Crippen LogP contribution in [-0.4, -0.2) is 43.5 Å². The molecule has 3 aromatic carbocycles. The number of sulfonamides is 1. The van der Waals surface area contributed by atoms with Gasteiger partial charge in [-0.05, 0) is 35.9 Å². The molecule has 0 saturated heterocycles. The van der Waals surface area contributed by atoms with E-state index in [1.165, 1.54) is 44.7 Å². The second-order valence-corrected chi connectivity index (χ2v) is 10.7. The SMILES string of the molecule is COc1cc(Nc2nc3ccccc3nc2NS(=O)(=O)c2cccc(-c3c(C(N)=O)ccnc3Cl)c2)cc(OC)c1. The van der Waals surface area contributed by atoms with Crippen LogP contribution in [0.1, 0.15) is 10.4 Å². The highest BCUT2D eigenvalue weighted by molar-refractivity contribution is 7.92. The number of anilines is 3. The molecule has 0 unspecified atom stereocenters. The molecule has 0 saturated carbocycles. The number of ether oxygens (including phenoxy) is 2. The Hall–Kier alpha value is -4.94. The first-order valence-corrected chi connectivity index (χ1v) is 13.9. The molecule has 0 aliphatic rings. The molecule has 0 aliphatic heterocycles. The second-order valence-electron chi connectivity index (χ2n) is 8.66. The molecular weight excluding hydrogens is 568 g/mol. The fourth-order valence-corrected chi connectivity index (χ4v) is 5.42. The molecule has 2 heterocycles. The summed E-state index contributed by atoms with van der Waals surface area (Å²) in [7, 11) is -1.18. The number of methoxy groups -OCH3 is 2. The number of benzene rings is 3. The Balaban J connectivity index is 1.57. The summed E-state index contributed by atoms with van der Waals surface area (Å²) in [5, 5.41) is 3.12. The van der Waals surface area contributed by atoms with Gasteiger partial charge in [0.2, 0.25) is 5.91 Å². The number of carbonyl (C=O) groups is 1. The van der Waals surface area contributed by atoms with Crippen LogP contribution in [-0.2, 0) is 10.0 Å². The maximum atomic E-state index is 13.6. The molecule has 0 fully saturated rings. The first kappa shape index (κ1) is 27.6. The smallest absolute Gasteiger partial charge is 0.263 e. The fraction of sp³-hybridized carbons (Fsp3) is 0.0714. The highest BCUT2D eigenvalue weighted by atomic mass is 35.5. The predicted octanol–water partition coefficient (Wildman–Crippen LogP) is 5.01. The van der Waals surface area contributed by atoms with E-state index in [0.29, 0.717) is 33.8 Å². The highest BCUT2D eigenvalue weighted by Gasteiger charge is 2.22. The summed E-state index contributed by atoms with van der Waals surface area (Å²) in [6.07, 6.45) is 1.35. The van der Waals surface area contributed by atoms with Crippen molar-refractivity contribution in [2.24, 2.45) is 5.73 Å². The number of nitrogens with one attached hydrogen (secondary N) is 2. The zero-order chi connectivity index (χ0) is 29.1. The van der Waals surface area contributed by atoms with Crippen LogP contribution in [0.3, 0.4) is 0 Å². The minimum Gasteiger partial charge on any atom is -0.497 e. The molecule has 0 atom stereocenters. The number of aromatic nitrogens is 3. The number of para-hydroxylation sites is 2. The van der Waals surface area contributed by atoms with Crippen LogP contribution >= 0.6 is 11.6 Å². The number of nitrogens with two attached hydrogens (primary N) is 1. The number of halogens is 1. The molecule has 13 heteroatoms. The standard InChI is InChI=1S/C28H23ClN6O5S/c1-39-18-13-17(14-19(15-18)40-2)32-27-28(34-23-9-4-3-8-22(23)33-27)35-41(37,38)20-7-5-6-16(12-20)24-21(26(30)36)10-11-31-25(24)29/h3-15H,1-2H3,(H2,30,36)(H,32,33)(H,34,35). The number of fused-ring (bicyclic) bond motifs is 1. The van der Waals surface area contributed by atoms with Crippen LogP contribution in [0.25, 0.3) is 22.2 Å². The maximum absolute atomic E-state index is 13.6. The van der Waals surface area contributed by atoms with Crippen LogP contribution < -0.4 is 25.2 Å². The Bertz CT molecular complexity index is 1880. The third kappa shape index (κ3) is 5.83. The Morgan fingerprint density at radius 1 is 0.878 bits per heavy atom. The van der Waals surface area contributed by atoms with E-state index in [1.807, 2.05) is 0 Å². The van der Waals surface area contributed by atoms with Gasteiger partial charge in [-0.3, -0.25) is 9.52 Å². The quantitative estimate of drug-likeness (QED) is 0.201. The van der Waals surface area contributed by atoms with Crippen molar-refractivity contribution in [3.63, 3.8) is 0 Å². The predicted molar refractivity (Wildman–Crippen MR) is 156 cm³/mol. The van der Waals surface area contributed by atoms with Crippen LogP contribution in [0.5, 0.6) is 11.5 Å². The van der Waals surface area contributed by atoms with Crippen molar-refractivity contribution in [1.29, 1.82) is 0 Å². The molecule has 1 amide bonds. The molecule has 11 nitrogen and oxygen atoms in total. The van der Waals surface area contributed by atoms with Gasteiger partial charge in [0.1, 0.15) is 16.7 Å². The van der Waals surface area contributed by atoms with Crippen molar-refractivity contribution in [2.75, 3.05) is 24.3 Å². The Kier molecular flexibility index (Phi) is 7.60. The highest BCUT2D eigenvalue weighted by Crippen LogP contribution is 2.34. The summed E-state index contributed by atoms with van der Waals surface area (Å²) in [6, 6.07) is 19.5. The molecular formula is C28H23ClN6O5S. The minimum absolute atomic E-state index is 0.00408. The van der Waals surface area contributed by atoms with Crippen molar-refractivity contribution >= 4 is 55.9 Å². The summed E-state index contributed by atoms with van der Waals surface area (Å²) in [5.74, 6) is 0.401. The number of hydrogen-bond donors (Lipinski definition) is 3. The van der Waals surface area contributed by atoms with E-state index in [9.17, 15) is 13.2 Å². The number of amides is 1. The lowest BCUT2D eigenvalue weighted by molar-refractivity contribution is 0.100. The topological polar surface area (TPSA) is 158 Å². The molecule has 0 bridgehead atoms. The van der Waals surface area contributed by atoms with Gasteiger partial charge in [-0.1, -0.05) is 35.9 Å². The number of pyridine rings is 1. The van der Waals surface area contributed by atoms with Gasteiger partial charge < -0.3 is 20.5 Å². The van der Waals surface area contributed by atoms with Gasteiger partial charge in [0.05, 0.1) is 35.7 Å². The molecule has 5 aromatic rings. The molecule has 4 N–H and O–H groups in total. The first-order chi connectivity index (χ1) is 19.7. The van der Waals surface area contributed by atoms with Crippen molar-refractivity contribution in [3.8, 4) is 22.6 Å². The largest absolute Gasteiger partial charge is 0.497 e. The van der Waals surface area contributed by atoms with Crippen LogP contribution in [0.4, 0.5) is 17.3 Å². The van der Waals surface area contributed by atoms with Gasteiger partial charge in [0.15, 0.2) is 11.6 Å². The minimum atomic E-state index is -4.22. The average molecular weight is 591 g/mol. The molecule has 41 heavy (non-hydrogen) atoms. The summed E-state index contributed by atoms with van der Waals surface area (Å²) in [4.78, 5) is 25.0. The lowest BCUT2D eigenvalue weighted by Gasteiger charge is -2.15. The van der Waals surface area contributed by atoms with Crippen molar-refractivity contribution in [3.05, 3.63) is 89.7 Å². The van der Waals surface area contributed by atoms with Gasteiger partial charge in [-0.2, -0.15) is 0 Å². The number of nitrogens with zero attached hydrogens (tertiary/aromatic N) is 3. The van der Waals surface area contributed by atoms with Crippen molar-refractivity contribution < 1.29 is 22.7 Å². The lowest BCUT2D eigenvalue weighted by Crippen LogP contribution is -2.16. The maximum Gasteiger partial charge on any atom is 0.263 e. The summed E-state index contributed by atoms with van der Waals surface area (Å²) < 4.78 is 40.5. The molecule has 208 valence electrons. The van der Waals surface area contributed by atoms with Gasteiger partial charge in [-0.25, -0.2) is 23.4 Å². The number of primary amides is 1. The molecule has 0 aliphatic carbocycles. The van der Waals surface area contributed by atoms with E-state index in [0.717, 1.165) is 0 Å². The van der Waals surface area contributed by atoms with E-state index in [1.54, 1.807) is 48.5 Å². The molecule has 0 radical (unpaired) electrons. The molecule has 0 spiro atoms. The van der Waals surface area contributed by atoms with Crippen LogP contribution in [0.2, 0.25) is 5.15 Å². The van der Waals surface area contributed by atoms with Gasteiger partial charge >= 0.3 is 0 Å². The lowest BCUT2D eigenvalue weighted by atomic mass is 10.0. The fourth-order valence-electron chi connectivity index (χ4n) is 4.10. The molecule has 2 aromatic heterocycles. The third-order valence-corrected chi connectivity index (χ3v) is 7.64. The van der Waals surface area contributed by atoms with E-state index < -0.39 is 15.9 Å². The van der Waals surface area contributed by atoms with Gasteiger partial charge in [-0.15, -0.1) is 0 Å². The summed E-state index contributed by atoms with van der Waals surface area (Å²) in [6.45, 7) is 0. The zero-order valence-electron chi connectivity index (χ0n) is 21.8. The van der Waals surface area contributed by atoms with Crippen molar-refractivity contribution in [1.82, 2.24) is 15.0 Å². The van der Waals surface area contributed by atoms with E-state index >= 15 is 0 Å². The van der Waals surface area contributed by atoms with Crippen LogP contribution in [0.15, 0.2) is 83.9 Å². The summed E-state index contributed by atoms with van der Waals surface area (Å²) >= 11 is 6.27. The number of hydrogen-bond acceptors (Lipinski definition) is 9. The average Bonchev–Trinajstić information content (AvgIpc) is 2.97. The summed E-state index contributed by atoms with van der Waals surface area (Å²) in [5.41, 5.74) is 7.72. The Labute approximate surface area is 240 Å². The third-order valence-electron chi connectivity index (χ3n) is 6.02. The number of carbonyl (C=O) groups excluding carboxylic acids is 1. The normalized spacial score (nSPS) is 11.2. The second kappa shape index (κ2) is 11.3. The van der Waals surface area contributed by atoms with E-state index in [4.69, 9.17) is 26.8 Å². The number of rotatable bonds is 9. The van der Waals surface area contributed by atoms with Gasteiger partial charge in [0.25, 0.3) is 10.0 Å². The van der Waals surface area contributed by atoms with Crippen LogP contribution in [0, 0.1) is 0 Å². The van der Waals surface area contributed by atoms with Crippen molar-refractivity contribution in [2.45, 2.75) is 4.90 Å². The monoisotopic (exact) mass is 590 g/mol. The van der Waals surface area contributed by atoms with E-state index in [2.05, 4.69) is 25.0 Å². The zero-order valence-corrected chi connectivity index (χ0v) is 23.3. The van der Waals surface area contributed by atoms with E-state index in [-0.39, 0.29) is 32.8 Å². The molecule has 5 rings (SSSR count). The first-order valence-electron chi connectivity index (χ1n) is 12.0.